The first kappa shape index (κ1) is 18.4. The lowest BCUT2D eigenvalue weighted by Gasteiger charge is -2.13. The van der Waals surface area contributed by atoms with Gasteiger partial charge in [0.1, 0.15) is 10.9 Å². The van der Waals surface area contributed by atoms with Gasteiger partial charge in [-0.1, -0.05) is 60.4 Å². The number of thioether (sulfide) groups is 1. The normalized spacial score (nSPS) is 16.8. The molecular weight excluding hydrogens is 344 g/mol. The van der Waals surface area contributed by atoms with Crippen molar-refractivity contribution >= 4 is 46.2 Å². The van der Waals surface area contributed by atoms with Gasteiger partial charge in [-0.2, -0.15) is 0 Å². The number of aliphatic hydroxyl groups excluding tert-OH is 1. The summed E-state index contributed by atoms with van der Waals surface area (Å²) in [4.78, 5) is 25.9. The largest absolute Gasteiger partial charge is 0.395 e. The Labute approximate surface area is 150 Å². The van der Waals surface area contributed by atoms with Crippen molar-refractivity contribution in [2.45, 2.75) is 6.92 Å². The molecule has 0 aromatic heterocycles. The molecule has 0 aliphatic carbocycles. The maximum atomic E-state index is 12.4. The molecule has 0 spiro atoms. The van der Waals surface area contributed by atoms with Gasteiger partial charge < -0.3 is 10.4 Å². The van der Waals surface area contributed by atoms with E-state index in [0.717, 1.165) is 11.1 Å². The van der Waals surface area contributed by atoms with Gasteiger partial charge in [-0.05, 0) is 24.1 Å². The standard InChI is InChI=1S/C17H18N2O3S2/c1-12(9-13-5-3-2-4-6-13)10-14-16(22)19(17(23)24-14)11-15(21)18-7-8-20/h2-6,9-10,20H,7-8,11H2,1H3,(H,18,21)/b12-9+,14-10-. The number of rotatable bonds is 6. The fraction of sp³-hybridized carbons (Fsp3) is 0.235. The van der Waals surface area contributed by atoms with Crippen LogP contribution < -0.4 is 5.32 Å². The highest BCUT2D eigenvalue weighted by molar-refractivity contribution is 8.26. The van der Waals surface area contributed by atoms with Gasteiger partial charge in [0, 0.05) is 6.54 Å². The molecule has 0 atom stereocenters. The molecule has 1 fully saturated rings. The van der Waals surface area contributed by atoms with E-state index in [1.165, 1.54) is 16.7 Å². The van der Waals surface area contributed by atoms with E-state index in [9.17, 15) is 9.59 Å². The highest BCUT2D eigenvalue weighted by atomic mass is 32.2. The molecule has 1 aliphatic heterocycles. The molecule has 7 heteroatoms. The van der Waals surface area contributed by atoms with Crippen LogP contribution in [-0.4, -0.2) is 45.8 Å². The molecule has 0 bridgehead atoms. The molecule has 0 saturated carbocycles. The van der Waals surface area contributed by atoms with Gasteiger partial charge in [0.25, 0.3) is 5.91 Å². The molecule has 0 radical (unpaired) electrons. The summed E-state index contributed by atoms with van der Waals surface area (Å²) in [6, 6.07) is 9.80. The summed E-state index contributed by atoms with van der Waals surface area (Å²) in [5.74, 6) is -0.622. The second-order valence-electron chi connectivity index (χ2n) is 5.14. The highest BCUT2D eigenvalue weighted by Crippen LogP contribution is 2.31. The van der Waals surface area contributed by atoms with E-state index >= 15 is 0 Å². The van der Waals surface area contributed by atoms with E-state index < -0.39 is 0 Å². The minimum absolute atomic E-state index is 0.135. The highest BCUT2D eigenvalue weighted by Gasteiger charge is 2.33. The second-order valence-corrected chi connectivity index (χ2v) is 6.82. The minimum atomic E-state index is -0.349. The first-order valence-corrected chi connectivity index (χ1v) is 8.60. The van der Waals surface area contributed by atoms with Crippen LogP contribution in [0.15, 0.2) is 46.9 Å². The SMILES string of the molecule is CC(/C=C1\SC(=S)N(CC(=O)NCCO)C1=O)=C\c1ccccc1. The third kappa shape index (κ3) is 5.02. The molecule has 1 aromatic carbocycles. The Hall–Kier alpha value is -1.96. The monoisotopic (exact) mass is 362 g/mol. The van der Waals surface area contributed by atoms with Crippen molar-refractivity contribution < 1.29 is 14.7 Å². The van der Waals surface area contributed by atoms with Gasteiger partial charge in [-0.25, -0.2) is 0 Å². The van der Waals surface area contributed by atoms with Crippen LogP contribution in [-0.2, 0) is 9.59 Å². The summed E-state index contributed by atoms with van der Waals surface area (Å²) in [7, 11) is 0. The average molecular weight is 362 g/mol. The van der Waals surface area contributed by atoms with Crippen molar-refractivity contribution in [2.24, 2.45) is 0 Å². The molecule has 126 valence electrons. The zero-order valence-corrected chi connectivity index (χ0v) is 14.8. The van der Waals surface area contributed by atoms with Gasteiger partial charge in [-0.15, -0.1) is 0 Å². The number of hydrogen-bond acceptors (Lipinski definition) is 5. The maximum absolute atomic E-state index is 12.4. The van der Waals surface area contributed by atoms with Crippen LogP contribution in [0.25, 0.3) is 6.08 Å². The number of nitrogens with zero attached hydrogens (tertiary/aromatic N) is 1. The number of hydrogen-bond donors (Lipinski definition) is 2. The summed E-state index contributed by atoms with van der Waals surface area (Å²) < 4.78 is 0.359. The fourth-order valence-corrected chi connectivity index (χ4v) is 3.40. The van der Waals surface area contributed by atoms with Crippen molar-refractivity contribution in [2.75, 3.05) is 19.7 Å². The van der Waals surface area contributed by atoms with Gasteiger partial charge in [0.15, 0.2) is 0 Å². The van der Waals surface area contributed by atoms with Gasteiger partial charge in [-0.3, -0.25) is 14.5 Å². The lowest BCUT2D eigenvalue weighted by atomic mass is 10.1. The van der Waals surface area contributed by atoms with Crippen molar-refractivity contribution in [1.29, 1.82) is 0 Å². The van der Waals surface area contributed by atoms with Crippen LogP contribution in [0.5, 0.6) is 0 Å². The van der Waals surface area contributed by atoms with Crippen LogP contribution in [0.2, 0.25) is 0 Å². The Morgan fingerprint density at radius 1 is 1.38 bits per heavy atom. The predicted molar refractivity (Wildman–Crippen MR) is 100 cm³/mol. The van der Waals surface area contributed by atoms with E-state index in [1.54, 1.807) is 6.08 Å². The Kier molecular flexibility index (Phi) is 6.72. The van der Waals surface area contributed by atoms with E-state index in [4.69, 9.17) is 17.3 Å². The number of allylic oxidation sites excluding steroid dienone is 2. The van der Waals surface area contributed by atoms with Gasteiger partial charge in [0.05, 0.1) is 11.5 Å². The summed E-state index contributed by atoms with van der Waals surface area (Å²) in [6.45, 7) is 1.78. The maximum Gasteiger partial charge on any atom is 0.266 e. The molecule has 1 aliphatic rings. The Morgan fingerprint density at radius 3 is 2.75 bits per heavy atom. The number of thiocarbonyl (C=S) groups is 1. The van der Waals surface area contributed by atoms with E-state index in [2.05, 4.69) is 5.32 Å². The quantitative estimate of drug-likeness (QED) is 0.598. The van der Waals surface area contributed by atoms with E-state index in [-0.39, 0.29) is 31.5 Å². The Morgan fingerprint density at radius 2 is 2.08 bits per heavy atom. The third-order valence-electron chi connectivity index (χ3n) is 3.16. The summed E-state index contributed by atoms with van der Waals surface area (Å²) in [5.41, 5.74) is 1.97. The number of carbonyl (C=O) groups is 2. The predicted octanol–water partition coefficient (Wildman–Crippen LogP) is 1.94. The number of amides is 2. The Balaban J connectivity index is 2.07. The smallest absolute Gasteiger partial charge is 0.266 e. The number of carbonyl (C=O) groups excluding carboxylic acids is 2. The zero-order valence-electron chi connectivity index (χ0n) is 13.2. The zero-order chi connectivity index (χ0) is 17.5. The fourth-order valence-electron chi connectivity index (χ4n) is 2.09. The molecule has 1 aromatic rings. The lowest BCUT2D eigenvalue weighted by Crippen LogP contribution is -2.40. The lowest BCUT2D eigenvalue weighted by molar-refractivity contribution is -0.128. The molecule has 1 heterocycles. The number of aliphatic hydroxyl groups is 1. The minimum Gasteiger partial charge on any atom is -0.395 e. The van der Waals surface area contributed by atoms with Crippen molar-refractivity contribution in [3.8, 4) is 0 Å². The number of nitrogens with one attached hydrogen (secondary N) is 1. The van der Waals surface area contributed by atoms with Crippen LogP contribution in [0, 0.1) is 0 Å². The summed E-state index contributed by atoms with van der Waals surface area (Å²) in [6.07, 6.45) is 3.75. The first-order chi connectivity index (χ1) is 11.5. The molecular formula is C17H18N2O3S2. The molecule has 2 rings (SSSR count). The molecule has 0 unspecified atom stereocenters. The second kappa shape index (κ2) is 8.77. The van der Waals surface area contributed by atoms with Gasteiger partial charge >= 0.3 is 0 Å². The molecule has 1 saturated heterocycles. The van der Waals surface area contributed by atoms with E-state index in [0.29, 0.717) is 9.23 Å². The molecule has 2 amide bonds. The summed E-state index contributed by atoms with van der Waals surface area (Å²) in [5, 5.41) is 11.2. The van der Waals surface area contributed by atoms with Crippen molar-refractivity contribution in [3.05, 3.63) is 52.4 Å². The first-order valence-electron chi connectivity index (χ1n) is 7.37. The van der Waals surface area contributed by atoms with Gasteiger partial charge in [0.2, 0.25) is 5.91 Å². The molecule has 2 N–H and O–H groups in total. The molecule has 5 nitrogen and oxygen atoms in total. The topological polar surface area (TPSA) is 69.6 Å². The average Bonchev–Trinajstić information content (AvgIpc) is 2.81. The molecule has 24 heavy (non-hydrogen) atoms. The third-order valence-corrected chi connectivity index (χ3v) is 4.54. The van der Waals surface area contributed by atoms with E-state index in [1.807, 2.05) is 43.3 Å². The van der Waals surface area contributed by atoms with Crippen LogP contribution >= 0.6 is 24.0 Å². The van der Waals surface area contributed by atoms with Crippen LogP contribution in [0.1, 0.15) is 12.5 Å². The Bertz CT molecular complexity index is 699. The summed E-state index contributed by atoms with van der Waals surface area (Å²) >= 11 is 6.37. The number of benzene rings is 1. The van der Waals surface area contributed by atoms with Crippen LogP contribution in [0.3, 0.4) is 0 Å². The van der Waals surface area contributed by atoms with Crippen LogP contribution in [0.4, 0.5) is 0 Å². The van der Waals surface area contributed by atoms with Crippen molar-refractivity contribution in [3.63, 3.8) is 0 Å². The van der Waals surface area contributed by atoms with Crippen molar-refractivity contribution in [1.82, 2.24) is 10.2 Å².